The van der Waals surface area contributed by atoms with E-state index in [0.29, 0.717) is 23.4 Å². The Morgan fingerprint density at radius 1 is 1.33 bits per heavy atom. The molecule has 0 saturated carbocycles. The van der Waals surface area contributed by atoms with Gasteiger partial charge in [-0.25, -0.2) is 15.0 Å². The van der Waals surface area contributed by atoms with Crippen LogP contribution in [0.5, 0.6) is 0 Å². The zero-order valence-electron chi connectivity index (χ0n) is 9.73. The summed E-state index contributed by atoms with van der Waals surface area (Å²) in [6.45, 7) is -0.00643. The first kappa shape index (κ1) is 12.7. The van der Waals surface area contributed by atoms with Crippen molar-refractivity contribution in [1.82, 2.24) is 19.5 Å². The molecule has 2 heterocycles. The fraction of sp³-hybridized carbons (Fsp3) is 0.500. The zero-order chi connectivity index (χ0) is 13.0. The first-order valence-electron chi connectivity index (χ1n) is 5.51. The van der Waals surface area contributed by atoms with Crippen LogP contribution < -0.4 is 5.73 Å². The lowest BCUT2D eigenvalue weighted by atomic mass is 10.3. The molecule has 0 radical (unpaired) electrons. The monoisotopic (exact) mass is 253 g/mol. The molecule has 0 aliphatic carbocycles. The molecule has 0 saturated heterocycles. The summed E-state index contributed by atoms with van der Waals surface area (Å²) in [5.74, 6) is 0.313. The van der Waals surface area contributed by atoms with Crippen LogP contribution in [0.4, 0.5) is 5.82 Å². The van der Waals surface area contributed by atoms with E-state index >= 15 is 0 Å². The van der Waals surface area contributed by atoms with Crippen molar-refractivity contribution in [2.24, 2.45) is 0 Å². The van der Waals surface area contributed by atoms with Gasteiger partial charge in [-0.1, -0.05) is 0 Å². The molecule has 98 valence electrons. The van der Waals surface area contributed by atoms with Crippen molar-refractivity contribution in [3.05, 3.63) is 12.7 Å². The number of rotatable bonds is 6. The largest absolute Gasteiger partial charge is 0.396 e. The molecule has 0 spiro atoms. The van der Waals surface area contributed by atoms with E-state index in [1.54, 1.807) is 10.9 Å². The van der Waals surface area contributed by atoms with E-state index in [4.69, 9.17) is 20.7 Å². The summed E-state index contributed by atoms with van der Waals surface area (Å²) in [6.07, 6.45) is 2.86. The summed E-state index contributed by atoms with van der Waals surface area (Å²) in [7, 11) is 0. The second kappa shape index (κ2) is 5.71. The molecule has 0 fully saturated rings. The minimum Gasteiger partial charge on any atom is -0.396 e. The van der Waals surface area contributed by atoms with Gasteiger partial charge in [0.1, 0.15) is 18.6 Å². The Morgan fingerprint density at radius 3 is 2.89 bits per heavy atom. The number of ether oxygens (including phenoxy) is 1. The van der Waals surface area contributed by atoms with Crippen LogP contribution in [0.15, 0.2) is 12.7 Å². The van der Waals surface area contributed by atoms with E-state index in [1.807, 2.05) is 0 Å². The topological polar surface area (TPSA) is 119 Å². The summed E-state index contributed by atoms with van der Waals surface area (Å²) in [6, 6.07) is 0. The lowest BCUT2D eigenvalue weighted by molar-refractivity contribution is -0.0331. The van der Waals surface area contributed by atoms with Crippen molar-refractivity contribution in [2.75, 3.05) is 18.9 Å². The number of nitrogen functional groups attached to an aromatic ring is 1. The second-order valence-corrected chi connectivity index (χ2v) is 3.76. The lowest BCUT2D eigenvalue weighted by Gasteiger charge is -2.14. The van der Waals surface area contributed by atoms with Gasteiger partial charge >= 0.3 is 0 Å². The molecule has 4 N–H and O–H groups in total. The summed E-state index contributed by atoms with van der Waals surface area (Å²) in [5, 5.41) is 17.8. The number of hydrogen-bond acceptors (Lipinski definition) is 7. The molecule has 1 atom stereocenters. The highest BCUT2D eigenvalue weighted by Gasteiger charge is 2.10. The highest BCUT2D eigenvalue weighted by molar-refractivity contribution is 5.80. The predicted molar refractivity (Wildman–Crippen MR) is 63.4 cm³/mol. The minimum atomic E-state index is -0.411. The van der Waals surface area contributed by atoms with Gasteiger partial charge < -0.3 is 20.7 Å². The number of aliphatic hydroxyl groups is 2. The Kier molecular flexibility index (Phi) is 4.03. The molecule has 0 amide bonds. The molecule has 0 aliphatic heterocycles. The minimum absolute atomic E-state index is 0.0367. The fourth-order valence-corrected chi connectivity index (χ4v) is 1.55. The molecule has 8 nitrogen and oxygen atoms in total. The van der Waals surface area contributed by atoms with Crippen molar-refractivity contribution in [3.8, 4) is 0 Å². The predicted octanol–water partition coefficient (Wildman–Crippen LogP) is -0.874. The molecule has 0 bridgehead atoms. The SMILES string of the molecule is Nc1ncnc2c1ncn2CO[C@H](CO)CCO. The van der Waals surface area contributed by atoms with Crippen molar-refractivity contribution in [1.29, 1.82) is 0 Å². The third kappa shape index (κ3) is 2.55. The van der Waals surface area contributed by atoms with E-state index in [-0.39, 0.29) is 19.9 Å². The number of nitrogens with zero attached hydrogens (tertiary/aromatic N) is 4. The first-order valence-corrected chi connectivity index (χ1v) is 5.51. The Hall–Kier alpha value is -1.77. The van der Waals surface area contributed by atoms with Gasteiger partial charge in [-0.05, 0) is 6.42 Å². The highest BCUT2D eigenvalue weighted by atomic mass is 16.5. The third-order valence-electron chi connectivity index (χ3n) is 2.53. The lowest BCUT2D eigenvalue weighted by Crippen LogP contribution is -2.20. The van der Waals surface area contributed by atoms with E-state index in [2.05, 4.69) is 15.0 Å². The van der Waals surface area contributed by atoms with Crippen molar-refractivity contribution >= 4 is 17.0 Å². The summed E-state index contributed by atoms with van der Waals surface area (Å²) >= 11 is 0. The molecule has 0 aliphatic rings. The standard InChI is InChI=1S/C10H15N5O3/c11-9-8-10(13-4-12-9)15(5-14-8)6-18-7(3-17)1-2-16/h4-5,7,16-17H,1-3,6H2,(H2,11,12,13)/t7-/m0/s1. The third-order valence-corrected chi connectivity index (χ3v) is 2.53. The van der Waals surface area contributed by atoms with Crippen molar-refractivity contribution in [2.45, 2.75) is 19.3 Å². The molecule has 0 aromatic carbocycles. The molecule has 18 heavy (non-hydrogen) atoms. The van der Waals surface area contributed by atoms with Crippen molar-refractivity contribution < 1.29 is 14.9 Å². The average molecular weight is 253 g/mol. The Bertz CT molecular complexity index is 515. The normalized spacial score (nSPS) is 13.0. The smallest absolute Gasteiger partial charge is 0.167 e. The van der Waals surface area contributed by atoms with Gasteiger partial charge in [0.05, 0.1) is 19.0 Å². The van der Waals surface area contributed by atoms with Gasteiger partial charge in [0.25, 0.3) is 0 Å². The Balaban J connectivity index is 2.10. The van der Waals surface area contributed by atoms with Gasteiger partial charge in [-0.2, -0.15) is 0 Å². The number of anilines is 1. The summed E-state index contributed by atoms with van der Waals surface area (Å²) < 4.78 is 7.10. The fourth-order valence-electron chi connectivity index (χ4n) is 1.55. The van der Waals surface area contributed by atoms with Crippen LogP contribution in [0.3, 0.4) is 0 Å². The molecule has 0 unspecified atom stereocenters. The van der Waals surface area contributed by atoms with Crippen molar-refractivity contribution in [3.63, 3.8) is 0 Å². The number of imidazole rings is 1. The van der Waals surface area contributed by atoms with Gasteiger partial charge in [0.2, 0.25) is 0 Å². The highest BCUT2D eigenvalue weighted by Crippen LogP contribution is 2.14. The molecular weight excluding hydrogens is 238 g/mol. The van der Waals surface area contributed by atoms with E-state index in [0.717, 1.165) is 0 Å². The van der Waals surface area contributed by atoms with Crippen LogP contribution in [0.2, 0.25) is 0 Å². The number of fused-ring (bicyclic) bond motifs is 1. The molecular formula is C10H15N5O3. The van der Waals surface area contributed by atoms with Gasteiger partial charge in [-0.15, -0.1) is 0 Å². The van der Waals surface area contributed by atoms with Crippen LogP contribution in [0, 0.1) is 0 Å². The maximum atomic E-state index is 9.04. The van der Waals surface area contributed by atoms with E-state index in [1.165, 1.54) is 6.33 Å². The van der Waals surface area contributed by atoms with Crippen LogP contribution in [-0.2, 0) is 11.5 Å². The zero-order valence-corrected chi connectivity index (χ0v) is 9.73. The Morgan fingerprint density at radius 2 is 2.17 bits per heavy atom. The molecule has 2 rings (SSSR count). The molecule has 8 heteroatoms. The quantitative estimate of drug-likeness (QED) is 0.611. The number of nitrogens with two attached hydrogens (primary N) is 1. The number of hydrogen-bond donors (Lipinski definition) is 3. The van der Waals surface area contributed by atoms with Crippen LogP contribution >= 0.6 is 0 Å². The van der Waals surface area contributed by atoms with E-state index < -0.39 is 6.10 Å². The first-order chi connectivity index (χ1) is 8.76. The van der Waals surface area contributed by atoms with Crippen LogP contribution in [0.25, 0.3) is 11.2 Å². The van der Waals surface area contributed by atoms with E-state index in [9.17, 15) is 0 Å². The maximum absolute atomic E-state index is 9.04. The molecule has 2 aromatic rings. The summed E-state index contributed by atoms with van der Waals surface area (Å²) in [4.78, 5) is 12.0. The average Bonchev–Trinajstić information content (AvgIpc) is 2.79. The van der Waals surface area contributed by atoms with Crippen LogP contribution in [-0.4, -0.2) is 49.0 Å². The summed E-state index contributed by atoms with van der Waals surface area (Å²) in [5.41, 5.74) is 6.75. The number of aliphatic hydroxyl groups excluding tert-OH is 2. The van der Waals surface area contributed by atoms with Gasteiger partial charge in [0, 0.05) is 6.61 Å². The maximum Gasteiger partial charge on any atom is 0.167 e. The van der Waals surface area contributed by atoms with Gasteiger partial charge in [0.15, 0.2) is 11.5 Å². The second-order valence-electron chi connectivity index (χ2n) is 3.76. The Labute approximate surface area is 103 Å². The number of aromatic nitrogens is 4. The van der Waals surface area contributed by atoms with Crippen LogP contribution in [0.1, 0.15) is 6.42 Å². The van der Waals surface area contributed by atoms with Gasteiger partial charge in [-0.3, -0.25) is 4.57 Å². The molecule has 2 aromatic heterocycles.